The number of Topliss-reactive ketones (excluding diaryl/α,β-unsaturated/α-hetero) is 1. The number of methoxy groups -OCH3 is 1. The van der Waals surface area contributed by atoms with Crippen molar-refractivity contribution in [1.82, 2.24) is 0 Å². The number of benzene rings is 2. The van der Waals surface area contributed by atoms with E-state index in [4.69, 9.17) is 4.74 Å². The average molecular weight is 456 g/mol. The van der Waals surface area contributed by atoms with E-state index >= 15 is 0 Å². The number of hydrogen-bond donors (Lipinski definition) is 1. The number of nitrogens with zero attached hydrogens (tertiary/aromatic N) is 1. The summed E-state index contributed by atoms with van der Waals surface area (Å²) in [7, 11) is 1.59. The van der Waals surface area contributed by atoms with Crippen LogP contribution in [0.25, 0.3) is 10.9 Å². The topological polar surface area (TPSA) is 67.5 Å². The van der Waals surface area contributed by atoms with E-state index in [-0.39, 0.29) is 29.3 Å². The third kappa shape index (κ3) is 3.90. The summed E-state index contributed by atoms with van der Waals surface area (Å²) in [4.78, 5) is 25.0. The van der Waals surface area contributed by atoms with Crippen molar-refractivity contribution in [3.05, 3.63) is 70.9 Å². The molecule has 6 heteroatoms. The van der Waals surface area contributed by atoms with E-state index in [0.29, 0.717) is 22.3 Å². The first-order valence-corrected chi connectivity index (χ1v) is 9.47. The number of hydrogen-bond acceptors (Lipinski definition) is 3. The first kappa shape index (κ1) is 21.0. The molecule has 0 fully saturated rings. The largest absolute Gasteiger partial charge is 1.00 e. The van der Waals surface area contributed by atoms with E-state index < -0.39 is 5.97 Å². The van der Waals surface area contributed by atoms with Gasteiger partial charge < -0.3 is 26.8 Å². The lowest BCUT2D eigenvalue weighted by Crippen LogP contribution is -3.00. The lowest BCUT2D eigenvalue weighted by molar-refractivity contribution is -0.665. The van der Waals surface area contributed by atoms with Gasteiger partial charge in [0.05, 0.1) is 18.1 Å². The number of ether oxygens (including phenoxy) is 1. The Labute approximate surface area is 179 Å². The lowest BCUT2D eigenvalue weighted by Gasteiger charge is -2.18. The normalized spacial score (nSPS) is 12.7. The van der Waals surface area contributed by atoms with E-state index in [1.165, 1.54) is 0 Å². The molecule has 4 rings (SSSR count). The van der Waals surface area contributed by atoms with E-state index in [9.17, 15) is 14.7 Å². The van der Waals surface area contributed by atoms with Crippen LogP contribution in [0, 0.1) is 0 Å². The molecular formula is C23H22BrNO4. The zero-order chi connectivity index (χ0) is 19.7. The molecule has 1 aliphatic rings. The molecule has 0 radical (unpaired) electrons. The van der Waals surface area contributed by atoms with Crippen molar-refractivity contribution in [3.8, 4) is 5.75 Å². The van der Waals surface area contributed by atoms with Crippen molar-refractivity contribution < 1.29 is 41.0 Å². The Balaban J connectivity index is 0.00000240. The number of halogens is 1. The van der Waals surface area contributed by atoms with Crippen LogP contribution in [0.4, 0.5) is 0 Å². The standard InChI is InChI=1S/C23H21NO4.BrH/c1-28-16-12-10-15(11-13-16)21(25)14-24-19-8-4-2-6-17(19)22(23(26)27)18-7-3-5-9-20(18)24;/h2,4,6,8,10-13H,3,5,7,9,14H2,1H3;1H. The van der Waals surface area contributed by atoms with Crippen molar-refractivity contribution >= 4 is 22.7 Å². The summed E-state index contributed by atoms with van der Waals surface area (Å²) in [6.45, 7) is 0.190. The number of carboxylic acid groups (broad SMARTS) is 1. The minimum atomic E-state index is -0.900. The van der Waals surface area contributed by atoms with E-state index in [1.54, 1.807) is 31.4 Å². The van der Waals surface area contributed by atoms with Crippen LogP contribution in [-0.2, 0) is 19.4 Å². The molecule has 0 aliphatic heterocycles. The van der Waals surface area contributed by atoms with Gasteiger partial charge in [0.2, 0.25) is 17.8 Å². The van der Waals surface area contributed by atoms with Crippen molar-refractivity contribution in [2.75, 3.05) is 7.11 Å². The molecule has 2 aromatic carbocycles. The van der Waals surface area contributed by atoms with Gasteiger partial charge in [-0.2, -0.15) is 4.57 Å². The highest BCUT2D eigenvalue weighted by molar-refractivity contribution is 6.03. The number of aromatic carboxylic acids is 1. The van der Waals surface area contributed by atoms with Gasteiger partial charge in [-0.1, -0.05) is 12.1 Å². The fourth-order valence-electron chi connectivity index (χ4n) is 4.12. The molecule has 150 valence electrons. The van der Waals surface area contributed by atoms with E-state index in [2.05, 4.69) is 0 Å². The van der Waals surface area contributed by atoms with Gasteiger partial charge in [0.25, 0.3) is 0 Å². The van der Waals surface area contributed by atoms with Crippen molar-refractivity contribution in [2.45, 2.75) is 32.2 Å². The number of pyridine rings is 1. The molecular weight excluding hydrogens is 434 g/mol. The van der Waals surface area contributed by atoms with Gasteiger partial charge >= 0.3 is 5.97 Å². The van der Waals surface area contributed by atoms with Gasteiger partial charge in [-0.3, -0.25) is 4.79 Å². The van der Waals surface area contributed by atoms with Gasteiger partial charge in [0, 0.05) is 23.6 Å². The Morgan fingerprint density at radius 2 is 1.72 bits per heavy atom. The number of carbonyl (C=O) groups excluding carboxylic acids is 1. The van der Waals surface area contributed by atoms with Crippen molar-refractivity contribution in [1.29, 1.82) is 0 Å². The molecule has 1 aliphatic carbocycles. The van der Waals surface area contributed by atoms with Crippen LogP contribution in [0.5, 0.6) is 5.75 Å². The molecule has 0 amide bonds. The zero-order valence-corrected chi connectivity index (χ0v) is 17.7. The quantitative estimate of drug-likeness (QED) is 0.451. The molecule has 0 atom stereocenters. The Hall–Kier alpha value is -2.73. The summed E-state index contributed by atoms with van der Waals surface area (Å²) in [6, 6.07) is 14.6. The monoisotopic (exact) mass is 455 g/mol. The smallest absolute Gasteiger partial charge is 0.337 e. The van der Waals surface area contributed by atoms with E-state index in [0.717, 1.165) is 42.5 Å². The molecule has 0 saturated heterocycles. The fraction of sp³-hybridized carbons (Fsp3) is 0.261. The number of aromatic nitrogens is 1. The van der Waals surface area contributed by atoms with Crippen molar-refractivity contribution in [3.63, 3.8) is 0 Å². The first-order valence-electron chi connectivity index (χ1n) is 9.47. The highest BCUT2D eigenvalue weighted by Gasteiger charge is 2.31. The highest BCUT2D eigenvalue weighted by Crippen LogP contribution is 2.28. The molecule has 0 bridgehead atoms. The number of carboxylic acids is 1. The Morgan fingerprint density at radius 1 is 1.03 bits per heavy atom. The minimum Gasteiger partial charge on any atom is -1.00 e. The summed E-state index contributed by atoms with van der Waals surface area (Å²) in [6.07, 6.45) is 3.49. The summed E-state index contributed by atoms with van der Waals surface area (Å²) in [5, 5.41) is 10.5. The summed E-state index contributed by atoms with van der Waals surface area (Å²) < 4.78 is 7.18. The summed E-state index contributed by atoms with van der Waals surface area (Å²) in [5.41, 5.74) is 3.65. The molecule has 29 heavy (non-hydrogen) atoms. The third-order valence-corrected chi connectivity index (χ3v) is 5.46. The van der Waals surface area contributed by atoms with Crippen LogP contribution in [0.2, 0.25) is 0 Å². The Kier molecular flexibility index (Phi) is 6.33. The Bertz CT molecular complexity index is 1080. The molecule has 0 spiro atoms. The maximum absolute atomic E-state index is 13.0. The van der Waals surface area contributed by atoms with Crippen LogP contribution in [0.1, 0.15) is 44.8 Å². The zero-order valence-electron chi connectivity index (χ0n) is 16.2. The predicted molar refractivity (Wildman–Crippen MR) is 105 cm³/mol. The maximum Gasteiger partial charge on any atom is 0.337 e. The second kappa shape index (κ2) is 8.74. The van der Waals surface area contributed by atoms with Gasteiger partial charge in [0.1, 0.15) is 5.75 Å². The van der Waals surface area contributed by atoms with Gasteiger partial charge in [-0.25, -0.2) is 4.79 Å². The molecule has 1 N–H and O–H groups in total. The SMILES string of the molecule is COc1ccc(C(=O)C[n+]2c3c(c(C(=O)O)c4ccccc42)CCCC3)cc1.[Br-]. The van der Waals surface area contributed by atoms with Crippen LogP contribution < -0.4 is 26.3 Å². The minimum absolute atomic E-state index is 0. The lowest BCUT2D eigenvalue weighted by atomic mass is 9.89. The van der Waals surface area contributed by atoms with Crippen LogP contribution in [0.15, 0.2) is 48.5 Å². The van der Waals surface area contributed by atoms with Gasteiger partial charge in [-0.15, -0.1) is 0 Å². The summed E-state index contributed by atoms with van der Waals surface area (Å²) in [5.74, 6) is -0.200. The second-order valence-electron chi connectivity index (χ2n) is 7.07. The molecule has 3 aromatic rings. The number of carbonyl (C=O) groups is 2. The third-order valence-electron chi connectivity index (χ3n) is 5.46. The number of rotatable bonds is 5. The van der Waals surface area contributed by atoms with Gasteiger partial charge in [-0.05, 0) is 49.6 Å². The van der Waals surface area contributed by atoms with Crippen LogP contribution in [0.3, 0.4) is 0 Å². The molecule has 1 heterocycles. The predicted octanol–water partition coefficient (Wildman–Crippen LogP) is 0.600. The molecule has 0 unspecified atom stereocenters. The van der Waals surface area contributed by atoms with Gasteiger partial charge in [0.15, 0.2) is 5.69 Å². The van der Waals surface area contributed by atoms with E-state index in [1.807, 2.05) is 28.8 Å². The number of fused-ring (bicyclic) bond motifs is 2. The summed E-state index contributed by atoms with van der Waals surface area (Å²) >= 11 is 0. The number of para-hydroxylation sites is 1. The Morgan fingerprint density at radius 3 is 2.41 bits per heavy atom. The van der Waals surface area contributed by atoms with Crippen molar-refractivity contribution in [2.24, 2.45) is 0 Å². The highest BCUT2D eigenvalue weighted by atomic mass is 79.9. The molecule has 1 aromatic heterocycles. The second-order valence-corrected chi connectivity index (χ2v) is 7.07. The first-order chi connectivity index (χ1) is 13.6. The average Bonchev–Trinajstić information content (AvgIpc) is 2.73. The van der Waals surface area contributed by atoms with Crippen LogP contribution in [-0.4, -0.2) is 24.0 Å². The molecule has 0 saturated carbocycles. The molecule has 5 nitrogen and oxygen atoms in total. The number of ketones is 1. The maximum atomic E-state index is 13.0. The fourth-order valence-corrected chi connectivity index (χ4v) is 4.12. The van der Waals surface area contributed by atoms with Crippen LogP contribution >= 0.6 is 0 Å².